The van der Waals surface area contributed by atoms with E-state index in [1.807, 2.05) is 23.1 Å². The molecule has 2 aromatic heterocycles. The third-order valence-electron chi connectivity index (χ3n) is 4.68. The van der Waals surface area contributed by atoms with Gasteiger partial charge in [0.05, 0.1) is 0 Å². The first-order valence-electron chi connectivity index (χ1n) is 8.15. The highest BCUT2D eigenvalue weighted by molar-refractivity contribution is 7.98. The van der Waals surface area contributed by atoms with Crippen LogP contribution < -0.4 is 0 Å². The topological polar surface area (TPSA) is 25.8 Å². The molecule has 0 saturated heterocycles. The van der Waals surface area contributed by atoms with E-state index in [9.17, 15) is 0 Å². The molecule has 0 saturated carbocycles. The monoisotopic (exact) mass is 340 g/mol. The molecule has 3 aromatic rings. The van der Waals surface area contributed by atoms with Crippen LogP contribution in [-0.4, -0.2) is 9.97 Å². The molecule has 118 valence electrons. The number of nitrogens with zero attached hydrogens (tertiary/aromatic N) is 2. The largest absolute Gasteiger partial charge is 0.229 e. The molecule has 4 rings (SSSR count). The van der Waals surface area contributed by atoms with Gasteiger partial charge in [-0.15, -0.1) is 23.1 Å². The summed E-state index contributed by atoms with van der Waals surface area (Å²) in [4.78, 5) is 11.9. The average Bonchev–Trinajstić information content (AvgIpc) is 2.92. The molecule has 0 radical (unpaired) electrons. The number of thiophene rings is 1. The number of aryl methyl sites for hydroxylation is 2. The zero-order valence-electron chi connectivity index (χ0n) is 13.5. The first kappa shape index (κ1) is 15.2. The maximum absolute atomic E-state index is 4.61. The quantitative estimate of drug-likeness (QED) is 0.470. The van der Waals surface area contributed by atoms with Gasteiger partial charge in [0.25, 0.3) is 0 Å². The summed E-state index contributed by atoms with van der Waals surface area (Å²) in [5.41, 5.74) is 4.27. The maximum Gasteiger partial charge on any atom is 0.128 e. The minimum Gasteiger partial charge on any atom is -0.229 e. The molecule has 0 N–H and O–H groups in total. The number of rotatable bonds is 3. The molecule has 1 atom stereocenters. The lowest BCUT2D eigenvalue weighted by atomic mass is 9.89. The lowest BCUT2D eigenvalue weighted by molar-refractivity contribution is 0.509. The van der Waals surface area contributed by atoms with Gasteiger partial charge in [0.2, 0.25) is 0 Å². The van der Waals surface area contributed by atoms with Gasteiger partial charge in [-0.1, -0.05) is 31.2 Å². The number of fused-ring (bicyclic) bond motifs is 3. The fraction of sp³-hybridized carbons (Fsp3) is 0.368. The molecule has 0 unspecified atom stereocenters. The van der Waals surface area contributed by atoms with Gasteiger partial charge in [0, 0.05) is 16.0 Å². The van der Waals surface area contributed by atoms with Crippen LogP contribution in [0.15, 0.2) is 35.6 Å². The Balaban J connectivity index is 1.69. The summed E-state index contributed by atoms with van der Waals surface area (Å²) in [5.74, 6) is 1.77. The van der Waals surface area contributed by atoms with Crippen LogP contribution in [0.5, 0.6) is 0 Å². The van der Waals surface area contributed by atoms with Gasteiger partial charge >= 0.3 is 0 Å². The van der Waals surface area contributed by atoms with Crippen LogP contribution in [0.4, 0.5) is 0 Å². The van der Waals surface area contributed by atoms with Crippen LogP contribution >= 0.6 is 23.1 Å². The molecule has 1 aliphatic rings. The minimum absolute atomic E-state index is 0.798. The van der Waals surface area contributed by atoms with E-state index in [0.717, 1.165) is 16.7 Å². The fourth-order valence-corrected chi connectivity index (χ4v) is 5.79. The standard InChI is InChI=1S/C19H20N2S2/c1-12-7-8-15-16(9-12)23-19-17(15)18(20-11-21-19)22-10-14-6-4-3-5-13(14)2/h3-6,11-12H,7-10H2,1-2H3/t12-/m0/s1. The Hall–Kier alpha value is -1.39. The zero-order chi connectivity index (χ0) is 15.8. The molecule has 1 aliphatic carbocycles. The number of hydrogen-bond acceptors (Lipinski definition) is 4. The van der Waals surface area contributed by atoms with E-state index in [4.69, 9.17) is 0 Å². The highest BCUT2D eigenvalue weighted by Crippen LogP contribution is 2.41. The third-order valence-corrected chi connectivity index (χ3v) is 6.88. The van der Waals surface area contributed by atoms with E-state index in [1.54, 1.807) is 6.33 Å². The molecule has 0 amide bonds. The van der Waals surface area contributed by atoms with Gasteiger partial charge in [-0.05, 0) is 48.8 Å². The Morgan fingerprint density at radius 2 is 2.13 bits per heavy atom. The Labute approximate surface area is 145 Å². The third kappa shape index (κ3) is 2.90. The first-order valence-corrected chi connectivity index (χ1v) is 9.95. The smallest absolute Gasteiger partial charge is 0.128 e. The molecular weight excluding hydrogens is 320 g/mol. The van der Waals surface area contributed by atoms with Gasteiger partial charge in [0.15, 0.2) is 0 Å². The van der Waals surface area contributed by atoms with Crippen molar-refractivity contribution in [2.45, 2.75) is 43.9 Å². The predicted octanol–water partition coefficient (Wildman–Crippen LogP) is 5.42. The van der Waals surface area contributed by atoms with Crippen molar-refractivity contribution in [1.82, 2.24) is 9.97 Å². The summed E-state index contributed by atoms with van der Waals surface area (Å²) in [6, 6.07) is 8.61. The lowest BCUT2D eigenvalue weighted by Crippen LogP contribution is -2.08. The zero-order valence-corrected chi connectivity index (χ0v) is 15.1. The highest BCUT2D eigenvalue weighted by atomic mass is 32.2. The number of thioether (sulfide) groups is 1. The summed E-state index contributed by atoms with van der Waals surface area (Å²) < 4.78 is 0. The summed E-state index contributed by atoms with van der Waals surface area (Å²) in [6.45, 7) is 4.53. The second kappa shape index (κ2) is 6.25. The van der Waals surface area contributed by atoms with Crippen molar-refractivity contribution in [3.63, 3.8) is 0 Å². The van der Waals surface area contributed by atoms with E-state index < -0.39 is 0 Å². The van der Waals surface area contributed by atoms with E-state index in [2.05, 4.69) is 48.1 Å². The van der Waals surface area contributed by atoms with Gasteiger partial charge < -0.3 is 0 Å². The van der Waals surface area contributed by atoms with E-state index in [-0.39, 0.29) is 0 Å². The Morgan fingerprint density at radius 1 is 1.26 bits per heavy atom. The number of benzene rings is 1. The van der Waals surface area contributed by atoms with Gasteiger partial charge in [-0.3, -0.25) is 0 Å². The van der Waals surface area contributed by atoms with Crippen molar-refractivity contribution >= 4 is 33.3 Å². The summed E-state index contributed by atoms with van der Waals surface area (Å²) in [6.07, 6.45) is 5.41. The van der Waals surface area contributed by atoms with Crippen molar-refractivity contribution in [1.29, 1.82) is 0 Å². The van der Waals surface area contributed by atoms with Crippen molar-refractivity contribution in [3.05, 3.63) is 52.2 Å². The molecule has 0 fully saturated rings. The molecule has 2 heterocycles. The first-order chi connectivity index (χ1) is 11.2. The van der Waals surface area contributed by atoms with Crippen molar-refractivity contribution in [3.8, 4) is 0 Å². The van der Waals surface area contributed by atoms with Gasteiger partial charge in [-0.25, -0.2) is 9.97 Å². The van der Waals surface area contributed by atoms with E-state index >= 15 is 0 Å². The highest BCUT2D eigenvalue weighted by Gasteiger charge is 2.23. The lowest BCUT2D eigenvalue weighted by Gasteiger charge is -2.18. The van der Waals surface area contributed by atoms with E-state index in [0.29, 0.717) is 0 Å². The summed E-state index contributed by atoms with van der Waals surface area (Å²) in [5, 5.41) is 2.49. The Bertz CT molecular complexity index is 854. The maximum atomic E-state index is 4.61. The van der Waals surface area contributed by atoms with Crippen LogP contribution in [0.25, 0.3) is 10.2 Å². The Morgan fingerprint density at radius 3 is 3.00 bits per heavy atom. The molecule has 23 heavy (non-hydrogen) atoms. The average molecular weight is 341 g/mol. The summed E-state index contributed by atoms with van der Waals surface area (Å²) in [7, 11) is 0. The van der Waals surface area contributed by atoms with Crippen LogP contribution in [0.1, 0.15) is 34.9 Å². The minimum atomic E-state index is 0.798. The normalized spacial score (nSPS) is 17.4. The van der Waals surface area contributed by atoms with Crippen molar-refractivity contribution in [2.75, 3.05) is 0 Å². The van der Waals surface area contributed by atoms with Crippen LogP contribution in [-0.2, 0) is 18.6 Å². The summed E-state index contributed by atoms with van der Waals surface area (Å²) >= 11 is 3.73. The van der Waals surface area contributed by atoms with E-state index in [1.165, 1.54) is 51.0 Å². The van der Waals surface area contributed by atoms with Gasteiger partial charge in [-0.2, -0.15) is 0 Å². The molecular formula is C19H20N2S2. The van der Waals surface area contributed by atoms with Crippen LogP contribution in [0.2, 0.25) is 0 Å². The predicted molar refractivity (Wildman–Crippen MR) is 99.3 cm³/mol. The van der Waals surface area contributed by atoms with Gasteiger partial charge in [0.1, 0.15) is 16.2 Å². The molecule has 1 aromatic carbocycles. The second-order valence-corrected chi connectivity index (χ2v) is 8.47. The molecule has 0 aliphatic heterocycles. The second-order valence-electron chi connectivity index (χ2n) is 6.43. The SMILES string of the molecule is Cc1ccccc1CSc1ncnc2sc3c(c12)CC[C@H](C)C3. The van der Waals surface area contributed by atoms with Crippen LogP contribution in [0, 0.1) is 12.8 Å². The molecule has 2 nitrogen and oxygen atoms in total. The Kier molecular flexibility index (Phi) is 4.12. The van der Waals surface area contributed by atoms with Crippen molar-refractivity contribution in [2.24, 2.45) is 5.92 Å². The molecule has 0 bridgehead atoms. The van der Waals surface area contributed by atoms with Crippen LogP contribution in [0.3, 0.4) is 0 Å². The number of hydrogen-bond donors (Lipinski definition) is 0. The molecule has 0 spiro atoms. The fourth-order valence-electron chi connectivity index (χ4n) is 3.27. The molecule has 4 heteroatoms. The number of aromatic nitrogens is 2. The van der Waals surface area contributed by atoms with Crippen molar-refractivity contribution < 1.29 is 0 Å².